The van der Waals surface area contributed by atoms with Crippen LogP contribution in [0.3, 0.4) is 0 Å². The molecule has 4 aliphatic rings. The van der Waals surface area contributed by atoms with E-state index in [1.165, 1.54) is 7.11 Å². The Bertz CT molecular complexity index is 741. The highest BCUT2D eigenvalue weighted by Gasteiger charge is 2.71. The van der Waals surface area contributed by atoms with E-state index in [0.717, 1.165) is 0 Å². The highest BCUT2D eigenvalue weighted by atomic mass is 16.6. The third-order valence-electron chi connectivity index (χ3n) is 8.26. The van der Waals surface area contributed by atoms with E-state index in [-0.39, 0.29) is 35.4 Å². The van der Waals surface area contributed by atoms with E-state index in [1.54, 1.807) is 6.92 Å². The summed E-state index contributed by atoms with van der Waals surface area (Å²) in [6, 6.07) is 0. The molecular weight excluding hydrogens is 348 g/mol. The fourth-order valence-electron chi connectivity index (χ4n) is 6.96. The SMILES string of the molecule is COC1=C[C@@H](C)[C@H]2C[C@H]3O[C@H](O)C[C@H]4C(C)=C(O)[C@@H](O)[C@H]([C@@]2(C)C1=O)[C@@]34C. The molecule has 1 heterocycles. The first-order valence-electron chi connectivity index (χ1n) is 9.80. The van der Waals surface area contributed by atoms with E-state index < -0.39 is 29.1 Å². The summed E-state index contributed by atoms with van der Waals surface area (Å²) < 4.78 is 11.3. The molecule has 6 nitrogen and oxygen atoms in total. The zero-order chi connectivity index (χ0) is 19.9. The lowest BCUT2D eigenvalue weighted by Crippen LogP contribution is -2.70. The third-order valence-corrected chi connectivity index (χ3v) is 8.26. The second-order valence-corrected chi connectivity index (χ2v) is 9.27. The predicted octanol–water partition coefficient (Wildman–Crippen LogP) is 2.31. The van der Waals surface area contributed by atoms with Crippen molar-refractivity contribution in [2.45, 2.75) is 59.0 Å². The number of ether oxygens (including phenoxy) is 2. The molecule has 2 fully saturated rings. The highest BCUT2D eigenvalue weighted by molar-refractivity contribution is 5.99. The monoisotopic (exact) mass is 378 g/mol. The molecule has 0 aromatic heterocycles. The van der Waals surface area contributed by atoms with Crippen molar-refractivity contribution < 1.29 is 29.6 Å². The molecule has 0 spiro atoms. The molecular formula is C21H30O6. The molecule has 9 atom stereocenters. The Kier molecular flexibility index (Phi) is 4.09. The van der Waals surface area contributed by atoms with E-state index in [4.69, 9.17) is 9.47 Å². The molecule has 3 aliphatic carbocycles. The average Bonchev–Trinajstić information content (AvgIpc) is 2.61. The van der Waals surface area contributed by atoms with Crippen LogP contribution in [-0.2, 0) is 14.3 Å². The smallest absolute Gasteiger partial charge is 0.203 e. The maximum Gasteiger partial charge on any atom is 0.203 e. The molecule has 27 heavy (non-hydrogen) atoms. The standard InChI is InChI=1S/C21H30O6/c1-9-6-13(26-5)19(25)21(4)11(9)7-14-20(3)12(8-15(22)27-14)10(2)16(23)17(24)18(20)21/h6,9,11-12,14-15,17-18,22-24H,7-8H2,1-5H3/t9-,11-,12+,14-,15+,17-,18+,20-,21+/m1/s1. The molecule has 1 saturated heterocycles. The second-order valence-electron chi connectivity index (χ2n) is 9.27. The van der Waals surface area contributed by atoms with Gasteiger partial charge in [0.2, 0.25) is 5.78 Å². The van der Waals surface area contributed by atoms with Crippen LogP contribution in [0.4, 0.5) is 0 Å². The summed E-state index contributed by atoms with van der Waals surface area (Å²) in [5.74, 6) is -0.551. The van der Waals surface area contributed by atoms with Gasteiger partial charge in [0.15, 0.2) is 12.0 Å². The number of aliphatic hydroxyl groups is 3. The number of methoxy groups -OCH3 is 1. The van der Waals surface area contributed by atoms with Crippen molar-refractivity contribution in [3.63, 3.8) is 0 Å². The van der Waals surface area contributed by atoms with E-state index in [0.29, 0.717) is 24.2 Å². The number of ketones is 1. The number of rotatable bonds is 1. The summed E-state index contributed by atoms with van der Waals surface area (Å²) in [5, 5.41) is 32.2. The number of allylic oxidation sites excluding steroid dienone is 3. The molecule has 150 valence electrons. The number of fused-ring (bicyclic) bond motifs is 2. The quantitative estimate of drug-likeness (QED) is 0.648. The van der Waals surface area contributed by atoms with Gasteiger partial charge in [-0.3, -0.25) is 4.79 Å². The predicted molar refractivity (Wildman–Crippen MR) is 97.4 cm³/mol. The van der Waals surface area contributed by atoms with Crippen LogP contribution in [0.5, 0.6) is 0 Å². The summed E-state index contributed by atoms with van der Waals surface area (Å²) in [7, 11) is 1.50. The normalized spacial score (nSPS) is 52.0. The van der Waals surface area contributed by atoms with Gasteiger partial charge >= 0.3 is 0 Å². The van der Waals surface area contributed by atoms with E-state index in [1.807, 2.05) is 26.8 Å². The number of carbonyl (C=O) groups excluding carboxylic acids is 1. The van der Waals surface area contributed by atoms with Crippen molar-refractivity contribution in [3.8, 4) is 0 Å². The fourth-order valence-corrected chi connectivity index (χ4v) is 6.96. The Morgan fingerprint density at radius 3 is 2.56 bits per heavy atom. The molecule has 0 bridgehead atoms. The lowest BCUT2D eigenvalue weighted by molar-refractivity contribution is -0.289. The molecule has 0 aromatic rings. The van der Waals surface area contributed by atoms with Crippen LogP contribution in [0.15, 0.2) is 23.2 Å². The number of aliphatic hydroxyl groups excluding tert-OH is 3. The summed E-state index contributed by atoms with van der Waals surface area (Å²) >= 11 is 0. The highest BCUT2D eigenvalue weighted by Crippen LogP contribution is 2.68. The summed E-state index contributed by atoms with van der Waals surface area (Å²) in [6.45, 7) is 7.81. The number of Topliss-reactive ketones (excluding diaryl/α,β-unsaturated/α-hetero) is 1. The molecule has 6 heteroatoms. The molecule has 0 radical (unpaired) electrons. The maximum absolute atomic E-state index is 13.5. The Balaban J connectivity index is 1.95. The number of hydrogen-bond acceptors (Lipinski definition) is 6. The zero-order valence-electron chi connectivity index (χ0n) is 16.6. The molecule has 1 saturated carbocycles. The van der Waals surface area contributed by atoms with Crippen molar-refractivity contribution in [1.82, 2.24) is 0 Å². The minimum atomic E-state index is -1.15. The van der Waals surface area contributed by atoms with Crippen molar-refractivity contribution in [3.05, 3.63) is 23.2 Å². The Morgan fingerprint density at radius 2 is 1.93 bits per heavy atom. The van der Waals surface area contributed by atoms with Crippen LogP contribution in [0.2, 0.25) is 0 Å². The van der Waals surface area contributed by atoms with Gasteiger partial charge in [-0.25, -0.2) is 0 Å². The summed E-state index contributed by atoms with van der Waals surface area (Å²) in [5.41, 5.74) is -0.761. The fraction of sp³-hybridized carbons (Fsp3) is 0.762. The van der Waals surface area contributed by atoms with Crippen molar-refractivity contribution in [1.29, 1.82) is 0 Å². The first kappa shape index (κ1) is 19.0. The van der Waals surface area contributed by atoms with Crippen LogP contribution in [0, 0.1) is 34.5 Å². The lowest BCUT2D eigenvalue weighted by Gasteiger charge is -2.66. The van der Waals surface area contributed by atoms with Crippen molar-refractivity contribution >= 4 is 5.78 Å². The molecule has 1 aliphatic heterocycles. The van der Waals surface area contributed by atoms with Gasteiger partial charge in [0, 0.05) is 23.2 Å². The van der Waals surface area contributed by atoms with Crippen LogP contribution in [0.1, 0.15) is 40.5 Å². The van der Waals surface area contributed by atoms with E-state index in [9.17, 15) is 20.1 Å². The molecule has 0 amide bonds. The summed E-state index contributed by atoms with van der Waals surface area (Å²) in [6.07, 6.45) is 0.481. The number of carbonyl (C=O) groups is 1. The van der Waals surface area contributed by atoms with Gasteiger partial charge in [-0.05, 0) is 42.7 Å². The summed E-state index contributed by atoms with van der Waals surface area (Å²) in [4.78, 5) is 13.5. The Hall–Kier alpha value is -1.37. The van der Waals surface area contributed by atoms with Crippen LogP contribution < -0.4 is 0 Å². The topological polar surface area (TPSA) is 96.2 Å². The Morgan fingerprint density at radius 1 is 1.26 bits per heavy atom. The van der Waals surface area contributed by atoms with Crippen LogP contribution >= 0.6 is 0 Å². The first-order valence-corrected chi connectivity index (χ1v) is 9.80. The van der Waals surface area contributed by atoms with Crippen molar-refractivity contribution in [2.24, 2.45) is 34.5 Å². The van der Waals surface area contributed by atoms with Gasteiger partial charge in [0.25, 0.3) is 0 Å². The third kappa shape index (κ3) is 2.15. The van der Waals surface area contributed by atoms with Gasteiger partial charge < -0.3 is 24.8 Å². The second kappa shape index (κ2) is 5.82. The van der Waals surface area contributed by atoms with E-state index >= 15 is 0 Å². The van der Waals surface area contributed by atoms with Gasteiger partial charge in [-0.2, -0.15) is 0 Å². The minimum Gasteiger partial charge on any atom is -0.510 e. The largest absolute Gasteiger partial charge is 0.510 e. The van der Waals surface area contributed by atoms with E-state index in [2.05, 4.69) is 0 Å². The van der Waals surface area contributed by atoms with Crippen LogP contribution in [-0.4, -0.2) is 46.7 Å². The van der Waals surface area contributed by atoms with Crippen molar-refractivity contribution in [2.75, 3.05) is 7.11 Å². The van der Waals surface area contributed by atoms with Gasteiger partial charge in [0.05, 0.1) is 13.2 Å². The lowest BCUT2D eigenvalue weighted by atomic mass is 9.40. The molecule has 0 aromatic carbocycles. The van der Waals surface area contributed by atoms with Gasteiger partial charge in [0.1, 0.15) is 11.9 Å². The Labute approximate surface area is 159 Å². The van der Waals surface area contributed by atoms with Gasteiger partial charge in [-0.15, -0.1) is 0 Å². The average molecular weight is 378 g/mol. The molecule has 3 N–H and O–H groups in total. The molecule has 0 unspecified atom stereocenters. The van der Waals surface area contributed by atoms with Crippen LogP contribution in [0.25, 0.3) is 0 Å². The number of hydrogen-bond donors (Lipinski definition) is 3. The minimum absolute atomic E-state index is 0.0506. The maximum atomic E-state index is 13.5. The molecule has 4 rings (SSSR count). The zero-order valence-corrected chi connectivity index (χ0v) is 16.6. The first-order chi connectivity index (χ1) is 12.6. The van der Waals surface area contributed by atoms with Gasteiger partial charge in [-0.1, -0.05) is 20.8 Å².